The van der Waals surface area contributed by atoms with Crippen LogP contribution in [0.5, 0.6) is 0 Å². The Morgan fingerprint density at radius 3 is 3.17 bits per heavy atom. The molecular weight excluding hydrogens is 230 g/mol. The molecule has 1 N–H and O–H groups in total. The van der Waals surface area contributed by atoms with Crippen molar-refractivity contribution in [1.29, 1.82) is 5.26 Å². The quantitative estimate of drug-likeness (QED) is 0.582. The summed E-state index contributed by atoms with van der Waals surface area (Å²) >= 11 is 0. The van der Waals surface area contributed by atoms with Gasteiger partial charge in [0.1, 0.15) is 11.8 Å². The number of ether oxygens (including phenoxy) is 1. The maximum Gasteiger partial charge on any atom is 0.305 e. The van der Waals surface area contributed by atoms with Crippen molar-refractivity contribution in [1.82, 2.24) is 10.3 Å². The molecule has 0 aromatic carbocycles. The van der Waals surface area contributed by atoms with Gasteiger partial charge < -0.3 is 10.1 Å². The number of nitrogens with one attached hydrogen (secondary N) is 1. The van der Waals surface area contributed by atoms with E-state index in [2.05, 4.69) is 10.3 Å². The van der Waals surface area contributed by atoms with Gasteiger partial charge >= 0.3 is 5.97 Å². The zero-order valence-electron chi connectivity index (χ0n) is 10.5. The Morgan fingerprint density at radius 2 is 2.44 bits per heavy atom. The summed E-state index contributed by atoms with van der Waals surface area (Å²) in [6.45, 7) is 3.51. The van der Waals surface area contributed by atoms with Gasteiger partial charge in [0.2, 0.25) is 0 Å². The van der Waals surface area contributed by atoms with Gasteiger partial charge in [-0.25, -0.2) is 4.98 Å². The van der Waals surface area contributed by atoms with Crippen LogP contribution in [0.2, 0.25) is 0 Å². The van der Waals surface area contributed by atoms with E-state index >= 15 is 0 Å². The first-order valence-electron chi connectivity index (χ1n) is 5.98. The third-order valence-electron chi connectivity index (χ3n) is 2.35. The van der Waals surface area contributed by atoms with Gasteiger partial charge in [-0.1, -0.05) is 6.07 Å². The van der Waals surface area contributed by atoms with Crippen LogP contribution in [-0.2, 0) is 16.1 Å². The van der Waals surface area contributed by atoms with Crippen LogP contribution in [0.15, 0.2) is 18.3 Å². The molecule has 18 heavy (non-hydrogen) atoms. The minimum absolute atomic E-state index is 0.168. The SMILES string of the molecule is CCOC(=O)CCCNCc1cccnc1C#N. The molecule has 1 rings (SSSR count). The summed E-state index contributed by atoms with van der Waals surface area (Å²) in [6, 6.07) is 5.71. The molecule has 1 aromatic heterocycles. The van der Waals surface area contributed by atoms with Crippen molar-refractivity contribution in [3.8, 4) is 6.07 Å². The fraction of sp³-hybridized carbons (Fsp3) is 0.462. The van der Waals surface area contributed by atoms with E-state index in [0.29, 0.717) is 31.8 Å². The first kappa shape index (κ1) is 14.1. The third kappa shape index (κ3) is 4.93. The van der Waals surface area contributed by atoms with Gasteiger partial charge in [0.25, 0.3) is 0 Å². The molecule has 0 aliphatic rings. The fourth-order valence-corrected chi connectivity index (χ4v) is 1.50. The van der Waals surface area contributed by atoms with E-state index in [4.69, 9.17) is 10.00 Å². The van der Waals surface area contributed by atoms with E-state index in [0.717, 1.165) is 12.0 Å². The number of carbonyl (C=O) groups is 1. The average Bonchev–Trinajstić information content (AvgIpc) is 2.39. The minimum atomic E-state index is -0.168. The minimum Gasteiger partial charge on any atom is -0.466 e. The zero-order chi connectivity index (χ0) is 13.2. The van der Waals surface area contributed by atoms with Gasteiger partial charge in [-0.15, -0.1) is 0 Å². The molecule has 5 heteroatoms. The van der Waals surface area contributed by atoms with Gasteiger partial charge in [-0.05, 0) is 26.0 Å². The highest BCUT2D eigenvalue weighted by Crippen LogP contribution is 2.03. The Balaban J connectivity index is 2.22. The van der Waals surface area contributed by atoms with Crippen LogP contribution in [0.25, 0.3) is 0 Å². The molecule has 0 fully saturated rings. The number of nitriles is 1. The molecule has 5 nitrogen and oxygen atoms in total. The molecule has 96 valence electrons. The van der Waals surface area contributed by atoms with Crippen LogP contribution >= 0.6 is 0 Å². The molecule has 0 saturated heterocycles. The van der Waals surface area contributed by atoms with Crippen molar-refractivity contribution >= 4 is 5.97 Å². The lowest BCUT2D eigenvalue weighted by Crippen LogP contribution is -2.17. The van der Waals surface area contributed by atoms with Gasteiger partial charge in [-0.3, -0.25) is 4.79 Å². The Labute approximate surface area is 107 Å². The summed E-state index contributed by atoms with van der Waals surface area (Å²) in [5, 5.41) is 12.0. The van der Waals surface area contributed by atoms with Gasteiger partial charge in [0.05, 0.1) is 6.61 Å². The van der Waals surface area contributed by atoms with Crippen molar-refractivity contribution in [2.24, 2.45) is 0 Å². The summed E-state index contributed by atoms with van der Waals surface area (Å²) in [7, 11) is 0. The molecule has 0 radical (unpaired) electrons. The summed E-state index contributed by atoms with van der Waals surface area (Å²) in [5.41, 5.74) is 1.31. The predicted octanol–water partition coefficient (Wildman–Crippen LogP) is 1.39. The topological polar surface area (TPSA) is 75.0 Å². The number of rotatable bonds is 7. The summed E-state index contributed by atoms with van der Waals surface area (Å²) < 4.78 is 4.82. The van der Waals surface area contributed by atoms with Crippen molar-refractivity contribution in [3.63, 3.8) is 0 Å². The molecule has 0 saturated carbocycles. The molecule has 0 unspecified atom stereocenters. The van der Waals surface area contributed by atoms with E-state index in [-0.39, 0.29) is 5.97 Å². The molecule has 1 aromatic rings. The van der Waals surface area contributed by atoms with Crippen LogP contribution in [0, 0.1) is 11.3 Å². The standard InChI is InChI=1S/C13H17N3O2/c1-2-18-13(17)6-4-7-15-10-11-5-3-8-16-12(11)9-14/h3,5,8,15H,2,4,6-7,10H2,1H3. The highest BCUT2D eigenvalue weighted by Gasteiger charge is 2.03. The Morgan fingerprint density at radius 1 is 1.61 bits per heavy atom. The Bertz CT molecular complexity index is 426. The normalized spacial score (nSPS) is 9.78. The van der Waals surface area contributed by atoms with Crippen molar-refractivity contribution < 1.29 is 9.53 Å². The van der Waals surface area contributed by atoms with E-state index < -0.39 is 0 Å². The van der Waals surface area contributed by atoms with E-state index in [9.17, 15) is 4.79 Å². The predicted molar refractivity (Wildman–Crippen MR) is 66.5 cm³/mol. The smallest absolute Gasteiger partial charge is 0.305 e. The number of carbonyl (C=O) groups excluding carboxylic acids is 1. The highest BCUT2D eigenvalue weighted by molar-refractivity contribution is 5.69. The number of esters is 1. The monoisotopic (exact) mass is 247 g/mol. The molecule has 0 aliphatic heterocycles. The fourth-order valence-electron chi connectivity index (χ4n) is 1.50. The van der Waals surface area contributed by atoms with E-state index in [1.54, 1.807) is 19.2 Å². The van der Waals surface area contributed by atoms with Crippen LogP contribution < -0.4 is 5.32 Å². The molecule has 1 heterocycles. The Hall–Kier alpha value is -1.93. The lowest BCUT2D eigenvalue weighted by molar-refractivity contribution is -0.143. The third-order valence-corrected chi connectivity index (χ3v) is 2.35. The van der Waals surface area contributed by atoms with Crippen molar-refractivity contribution in [2.45, 2.75) is 26.3 Å². The zero-order valence-corrected chi connectivity index (χ0v) is 10.5. The van der Waals surface area contributed by atoms with E-state index in [1.807, 2.05) is 12.1 Å². The second kappa shape index (κ2) is 8.20. The maximum atomic E-state index is 11.1. The molecular formula is C13H17N3O2. The average molecular weight is 247 g/mol. The van der Waals surface area contributed by atoms with Gasteiger partial charge in [0.15, 0.2) is 0 Å². The molecule has 0 atom stereocenters. The Kier molecular flexibility index (Phi) is 6.44. The van der Waals surface area contributed by atoms with Crippen LogP contribution in [0.4, 0.5) is 0 Å². The maximum absolute atomic E-state index is 11.1. The lowest BCUT2D eigenvalue weighted by atomic mass is 10.2. The largest absolute Gasteiger partial charge is 0.466 e. The van der Waals surface area contributed by atoms with Crippen LogP contribution in [0.3, 0.4) is 0 Å². The number of hydrogen-bond donors (Lipinski definition) is 1. The number of nitrogens with zero attached hydrogens (tertiary/aromatic N) is 2. The second-order valence-corrected chi connectivity index (χ2v) is 3.71. The first-order valence-corrected chi connectivity index (χ1v) is 5.98. The summed E-state index contributed by atoms with van der Waals surface area (Å²) in [6.07, 6.45) is 2.74. The number of pyridine rings is 1. The molecule has 0 spiro atoms. The van der Waals surface area contributed by atoms with Crippen LogP contribution in [0.1, 0.15) is 31.0 Å². The highest BCUT2D eigenvalue weighted by atomic mass is 16.5. The van der Waals surface area contributed by atoms with Gasteiger partial charge in [0, 0.05) is 24.7 Å². The summed E-state index contributed by atoms with van der Waals surface area (Å²) in [4.78, 5) is 15.0. The molecule has 0 aliphatic carbocycles. The summed E-state index contributed by atoms with van der Waals surface area (Å²) in [5.74, 6) is -0.168. The van der Waals surface area contributed by atoms with Gasteiger partial charge in [-0.2, -0.15) is 5.26 Å². The molecule has 0 amide bonds. The molecule has 0 bridgehead atoms. The first-order chi connectivity index (χ1) is 8.77. The van der Waals surface area contributed by atoms with Crippen molar-refractivity contribution in [2.75, 3.05) is 13.2 Å². The number of hydrogen-bond acceptors (Lipinski definition) is 5. The van der Waals surface area contributed by atoms with E-state index in [1.165, 1.54) is 0 Å². The second-order valence-electron chi connectivity index (χ2n) is 3.71. The van der Waals surface area contributed by atoms with Crippen LogP contribution in [-0.4, -0.2) is 24.1 Å². The lowest BCUT2D eigenvalue weighted by Gasteiger charge is -2.05. The number of aromatic nitrogens is 1. The van der Waals surface area contributed by atoms with Crippen molar-refractivity contribution in [3.05, 3.63) is 29.6 Å².